The molecule has 0 unspecified atom stereocenters. The zero-order valence-electron chi connectivity index (χ0n) is 9.81. The first-order valence-electron chi connectivity index (χ1n) is 5.59. The van der Waals surface area contributed by atoms with Crippen LogP contribution in [-0.2, 0) is 9.47 Å². The van der Waals surface area contributed by atoms with E-state index in [0.29, 0.717) is 19.6 Å². The highest BCUT2D eigenvalue weighted by atomic mass is 32.1. The Balaban J connectivity index is 2.54. The van der Waals surface area contributed by atoms with Crippen LogP contribution in [0.5, 0.6) is 0 Å². The number of ether oxygens (including phenoxy) is 2. The zero-order chi connectivity index (χ0) is 11.8. The summed E-state index contributed by atoms with van der Waals surface area (Å²) in [5, 5.41) is 0. The van der Waals surface area contributed by atoms with Gasteiger partial charge in [0.2, 0.25) is 0 Å². The van der Waals surface area contributed by atoms with Crippen molar-refractivity contribution >= 4 is 17.1 Å². The Kier molecular flexibility index (Phi) is 6.23. The van der Waals surface area contributed by atoms with Crippen LogP contribution in [0.2, 0.25) is 0 Å². The number of thiocarbonyl (C=S) groups is 1. The molecule has 16 heavy (non-hydrogen) atoms. The molecule has 0 heterocycles. The molecular weight excluding hydrogens is 220 g/mol. The van der Waals surface area contributed by atoms with Gasteiger partial charge in [0.25, 0.3) is 0 Å². The van der Waals surface area contributed by atoms with Gasteiger partial charge in [0.1, 0.15) is 0 Å². The fourth-order valence-electron chi connectivity index (χ4n) is 1.43. The third-order valence-corrected chi connectivity index (χ3v) is 2.56. The van der Waals surface area contributed by atoms with Crippen LogP contribution < -0.4 is 0 Å². The molecule has 0 aliphatic heterocycles. The minimum Gasteiger partial charge on any atom is -0.353 e. The van der Waals surface area contributed by atoms with Gasteiger partial charge in [-0.25, -0.2) is 0 Å². The van der Waals surface area contributed by atoms with Crippen LogP contribution in [0.1, 0.15) is 25.8 Å². The molecule has 0 saturated carbocycles. The standard InChI is InChI=1S/C13H18O2S/c1-3-14-13(15-4-2)10-12(16)11-8-6-5-7-9-11/h5-9,13H,3-4,10H2,1-2H3. The van der Waals surface area contributed by atoms with Gasteiger partial charge >= 0.3 is 0 Å². The molecule has 0 amide bonds. The number of benzene rings is 1. The van der Waals surface area contributed by atoms with E-state index in [4.69, 9.17) is 21.7 Å². The minimum atomic E-state index is -0.220. The molecule has 0 aromatic heterocycles. The maximum atomic E-state index is 5.46. The highest BCUT2D eigenvalue weighted by Gasteiger charge is 2.11. The van der Waals surface area contributed by atoms with Crippen molar-refractivity contribution in [3.63, 3.8) is 0 Å². The lowest BCUT2D eigenvalue weighted by molar-refractivity contribution is -0.130. The lowest BCUT2D eigenvalue weighted by atomic mass is 10.1. The van der Waals surface area contributed by atoms with Crippen molar-refractivity contribution in [2.45, 2.75) is 26.6 Å². The van der Waals surface area contributed by atoms with E-state index in [0.717, 1.165) is 10.4 Å². The molecule has 1 aromatic rings. The summed E-state index contributed by atoms with van der Waals surface area (Å²) in [6.07, 6.45) is 0.420. The summed E-state index contributed by atoms with van der Waals surface area (Å²) >= 11 is 5.37. The summed E-state index contributed by atoms with van der Waals surface area (Å²) in [6, 6.07) is 9.97. The van der Waals surface area contributed by atoms with Gasteiger partial charge in [0.05, 0.1) is 0 Å². The minimum absolute atomic E-state index is 0.220. The van der Waals surface area contributed by atoms with E-state index in [-0.39, 0.29) is 6.29 Å². The van der Waals surface area contributed by atoms with Crippen molar-refractivity contribution in [3.05, 3.63) is 35.9 Å². The van der Waals surface area contributed by atoms with Crippen LogP contribution in [-0.4, -0.2) is 24.4 Å². The maximum Gasteiger partial charge on any atom is 0.162 e. The molecule has 0 fully saturated rings. The van der Waals surface area contributed by atoms with E-state index in [1.54, 1.807) is 0 Å². The summed E-state index contributed by atoms with van der Waals surface area (Å²) in [5.41, 5.74) is 1.07. The van der Waals surface area contributed by atoms with Gasteiger partial charge in [0, 0.05) is 24.5 Å². The van der Waals surface area contributed by atoms with Crippen LogP contribution >= 0.6 is 12.2 Å². The summed E-state index contributed by atoms with van der Waals surface area (Å²) in [7, 11) is 0. The molecule has 1 rings (SSSR count). The Morgan fingerprint density at radius 3 is 2.19 bits per heavy atom. The Morgan fingerprint density at radius 2 is 1.69 bits per heavy atom. The molecule has 0 atom stereocenters. The molecule has 0 radical (unpaired) electrons. The van der Waals surface area contributed by atoms with Gasteiger partial charge in [-0.05, 0) is 19.4 Å². The Morgan fingerprint density at radius 1 is 1.12 bits per heavy atom. The fraction of sp³-hybridized carbons (Fsp3) is 0.462. The van der Waals surface area contributed by atoms with Gasteiger partial charge in [0.15, 0.2) is 6.29 Å². The SMILES string of the molecule is CCOC(CC(=S)c1ccccc1)OCC. The predicted molar refractivity (Wildman–Crippen MR) is 69.8 cm³/mol. The second-order valence-electron chi connectivity index (χ2n) is 3.33. The molecule has 0 bridgehead atoms. The molecule has 1 aromatic carbocycles. The first kappa shape index (κ1) is 13.3. The molecule has 88 valence electrons. The summed E-state index contributed by atoms with van der Waals surface area (Å²) in [4.78, 5) is 0.882. The summed E-state index contributed by atoms with van der Waals surface area (Å²) in [5.74, 6) is 0. The van der Waals surface area contributed by atoms with Gasteiger partial charge < -0.3 is 9.47 Å². The van der Waals surface area contributed by atoms with Crippen molar-refractivity contribution in [1.29, 1.82) is 0 Å². The van der Waals surface area contributed by atoms with Gasteiger partial charge in [-0.15, -0.1) is 0 Å². The van der Waals surface area contributed by atoms with E-state index in [1.807, 2.05) is 44.2 Å². The van der Waals surface area contributed by atoms with Crippen molar-refractivity contribution in [2.24, 2.45) is 0 Å². The number of hydrogen-bond acceptors (Lipinski definition) is 3. The lowest BCUT2D eigenvalue weighted by Crippen LogP contribution is -2.21. The van der Waals surface area contributed by atoms with E-state index < -0.39 is 0 Å². The highest BCUT2D eigenvalue weighted by Crippen LogP contribution is 2.10. The van der Waals surface area contributed by atoms with Crippen LogP contribution in [0.15, 0.2) is 30.3 Å². The van der Waals surface area contributed by atoms with Gasteiger partial charge in [-0.2, -0.15) is 0 Å². The van der Waals surface area contributed by atoms with Crippen molar-refractivity contribution in [2.75, 3.05) is 13.2 Å². The van der Waals surface area contributed by atoms with Crippen LogP contribution in [0, 0.1) is 0 Å². The fourth-order valence-corrected chi connectivity index (χ4v) is 1.70. The topological polar surface area (TPSA) is 18.5 Å². The highest BCUT2D eigenvalue weighted by molar-refractivity contribution is 7.80. The second-order valence-corrected chi connectivity index (χ2v) is 3.83. The van der Waals surface area contributed by atoms with Gasteiger partial charge in [-0.1, -0.05) is 42.5 Å². The average Bonchev–Trinajstić information content (AvgIpc) is 2.31. The average molecular weight is 238 g/mol. The molecule has 3 heteroatoms. The molecule has 0 N–H and O–H groups in total. The van der Waals surface area contributed by atoms with E-state index in [1.165, 1.54) is 0 Å². The first-order chi connectivity index (χ1) is 7.77. The van der Waals surface area contributed by atoms with Crippen molar-refractivity contribution in [1.82, 2.24) is 0 Å². The third kappa shape index (κ3) is 4.39. The number of rotatable bonds is 7. The normalized spacial score (nSPS) is 10.7. The Bertz CT molecular complexity index is 305. The largest absolute Gasteiger partial charge is 0.353 e. The smallest absolute Gasteiger partial charge is 0.162 e. The van der Waals surface area contributed by atoms with Crippen LogP contribution in [0.3, 0.4) is 0 Å². The van der Waals surface area contributed by atoms with E-state index in [2.05, 4.69) is 0 Å². The quantitative estimate of drug-likeness (QED) is 0.413. The summed E-state index contributed by atoms with van der Waals surface area (Å²) in [6.45, 7) is 5.19. The molecular formula is C13H18O2S. The molecule has 0 spiro atoms. The third-order valence-electron chi connectivity index (χ3n) is 2.15. The van der Waals surface area contributed by atoms with Crippen molar-refractivity contribution < 1.29 is 9.47 Å². The molecule has 0 saturated heterocycles. The zero-order valence-corrected chi connectivity index (χ0v) is 10.6. The molecule has 0 aliphatic carbocycles. The van der Waals surface area contributed by atoms with E-state index >= 15 is 0 Å². The summed E-state index contributed by atoms with van der Waals surface area (Å²) < 4.78 is 10.9. The lowest BCUT2D eigenvalue weighted by Gasteiger charge is -2.17. The van der Waals surface area contributed by atoms with Crippen molar-refractivity contribution in [3.8, 4) is 0 Å². The predicted octanol–water partition coefficient (Wildman–Crippen LogP) is 3.19. The monoisotopic (exact) mass is 238 g/mol. The van der Waals surface area contributed by atoms with Crippen LogP contribution in [0.4, 0.5) is 0 Å². The first-order valence-corrected chi connectivity index (χ1v) is 6.00. The Hall–Kier alpha value is -0.770. The van der Waals surface area contributed by atoms with E-state index in [9.17, 15) is 0 Å². The molecule has 0 aliphatic rings. The van der Waals surface area contributed by atoms with Gasteiger partial charge in [-0.3, -0.25) is 0 Å². The number of hydrogen-bond donors (Lipinski definition) is 0. The maximum absolute atomic E-state index is 5.46. The van der Waals surface area contributed by atoms with Crippen LogP contribution in [0.25, 0.3) is 0 Å². The Labute approximate surface area is 103 Å². The second kappa shape index (κ2) is 7.49. The molecule has 2 nitrogen and oxygen atoms in total.